The predicted molar refractivity (Wildman–Crippen MR) is 87.6 cm³/mol. The smallest absolute Gasteiger partial charge is 0.119 e. The summed E-state index contributed by atoms with van der Waals surface area (Å²) >= 11 is 0. The zero-order chi connectivity index (χ0) is 15.0. The molecule has 0 saturated carbocycles. The number of benzene rings is 1. The maximum absolute atomic E-state index is 5.77. The van der Waals surface area contributed by atoms with Crippen molar-refractivity contribution < 1.29 is 4.74 Å². The van der Waals surface area contributed by atoms with Crippen molar-refractivity contribution in [2.75, 3.05) is 19.7 Å². The largest absolute Gasteiger partial charge is 0.493 e. The first-order valence-corrected chi connectivity index (χ1v) is 8.02. The van der Waals surface area contributed by atoms with Crippen LogP contribution in [0, 0.1) is 5.92 Å². The molecule has 0 fully saturated rings. The maximum Gasteiger partial charge on any atom is 0.119 e. The average molecular weight is 277 g/mol. The third-order valence-electron chi connectivity index (χ3n) is 4.12. The summed E-state index contributed by atoms with van der Waals surface area (Å²) in [7, 11) is 0. The Hall–Kier alpha value is -1.02. The molecule has 0 bridgehead atoms. The molecule has 0 aliphatic heterocycles. The Morgan fingerprint density at radius 2 is 1.65 bits per heavy atom. The lowest BCUT2D eigenvalue weighted by molar-refractivity contribution is 0.270. The second-order valence-electron chi connectivity index (χ2n) is 6.00. The molecule has 1 rings (SSSR count). The van der Waals surface area contributed by atoms with Crippen LogP contribution in [0.2, 0.25) is 0 Å². The lowest BCUT2D eigenvalue weighted by Crippen LogP contribution is -2.37. The number of ether oxygens (including phenoxy) is 1. The zero-order valence-electron chi connectivity index (χ0n) is 13.8. The van der Waals surface area contributed by atoms with Gasteiger partial charge in [-0.1, -0.05) is 46.8 Å². The van der Waals surface area contributed by atoms with Gasteiger partial charge in [0.15, 0.2) is 0 Å². The number of rotatable bonds is 9. The van der Waals surface area contributed by atoms with Crippen LogP contribution in [0.1, 0.15) is 53.0 Å². The number of nitrogens with one attached hydrogen (secondary N) is 1. The van der Waals surface area contributed by atoms with E-state index in [1.807, 2.05) is 0 Å². The zero-order valence-corrected chi connectivity index (χ0v) is 13.8. The van der Waals surface area contributed by atoms with Gasteiger partial charge in [-0.05, 0) is 43.0 Å². The van der Waals surface area contributed by atoms with Gasteiger partial charge < -0.3 is 10.1 Å². The second-order valence-corrected chi connectivity index (χ2v) is 6.00. The Kier molecular flexibility index (Phi) is 7.08. The third-order valence-corrected chi connectivity index (χ3v) is 4.12. The third kappa shape index (κ3) is 4.52. The first-order valence-electron chi connectivity index (χ1n) is 8.02. The molecule has 0 aliphatic carbocycles. The van der Waals surface area contributed by atoms with E-state index in [0.717, 1.165) is 38.3 Å². The van der Waals surface area contributed by atoms with Gasteiger partial charge in [0, 0.05) is 12.0 Å². The van der Waals surface area contributed by atoms with Crippen molar-refractivity contribution in [2.24, 2.45) is 5.92 Å². The minimum Gasteiger partial charge on any atom is -0.493 e. The van der Waals surface area contributed by atoms with Gasteiger partial charge in [0.2, 0.25) is 0 Å². The van der Waals surface area contributed by atoms with Crippen LogP contribution in [0.25, 0.3) is 0 Å². The monoisotopic (exact) mass is 277 g/mol. The van der Waals surface area contributed by atoms with E-state index in [2.05, 4.69) is 64.2 Å². The van der Waals surface area contributed by atoms with Crippen LogP contribution >= 0.6 is 0 Å². The fraction of sp³-hybridized carbons (Fsp3) is 0.667. The van der Waals surface area contributed by atoms with Crippen LogP contribution in [0.4, 0.5) is 0 Å². The summed E-state index contributed by atoms with van der Waals surface area (Å²) < 4.78 is 5.77. The van der Waals surface area contributed by atoms with E-state index in [0.29, 0.717) is 5.92 Å². The Morgan fingerprint density at radius 1 is 1.05 bits per heavy atom. The van der Waals surface area contributed by atoms with Crippen molar-refractivity contribution in [1.82, 2.24) is 5.32 Å². The molecule has 1 N–H and O–H groups in total. The van der Waals surface area contributed by atoms with E-state index in [4.69, 9.17) is 4.74 Å². The highest BCUT2D eigenvalue weighted by Gasteiger charge is 2.27. The molecular weight excluding hydrogens is 246 g/mol. The minimum absolute atomic E-state index is 0.243. The Labute approximate surface area is 124 Å². The van der Waals surface area contributed by atoms with Gasteiger partial charge in [-0.15, -0.1) is 0 Å². The molecule has 0 aliphatic rings. The normalized spacial score (nSPS) is 11.9. The molecule has 2 heteroatoms. The quantitative estimate of drug-likeness (QED) is 0.723. The maximum atomic E-state index is 5.77. The minimum atomic E-state index is 0.243. The molecule has 0 amide bonds. The highest BCUT2D eigenvalue weighted by atomic mass is 16.5. The van der Waals surface area contributed by atoms with Crippen LogP contribution in [-0.4, -0.2) is 19.7 Å². The lowest BCUT2D eigenvalue weighted by Gasteiger charge is -2.33. The molecule has 0 atom stereocenters. The SMILES string of the molecule is CCNCC(CC)(CC)c1ccc(OCC(C)C)cc1. The summed E-state index contributed by atoms with van der Waals surface area (Å²) in [5, 5.41) is 3.51. The Bertz CT molecular complexity index is 366. The van der Waals surface area contributed by atoms with Crippen molar-refractivity contribution in [3.63, 3.8) is 0 Å². The highest BCUT2D eigenvalue weighted by molar-refractivity contribution is 5.33. The van der Waals surface area contributed by atoms with Crippen molar-refractivity contribution in [3.8, 4) is 5.75 Å². The van der Waals surface area contributed by atoms with Gasteiger partial charge in [-0.25, -0.2) is 0 Å². The van der Waals surface area contributed by atoms with Gasteiger partial charge >= 0.3 is 0 Å². The Morgan fingerprint density at radius 3 is 2.10 bits per heavy atom. The lowest BCUT2D eigenvalue weighted by atomic mass is 9.76. The van der Waals surface area contributed by atoms with E-state index in [1.165, 1.54) is 5.56 Å². The summed E-state index contributed by atoms with van der Waals surface area (Å²) in [6.07, 6.45) is 2.31. The van der Waals surface area contributed by atoms with Crippen LogP contribution < -0.4 is 10.1 Å². The van der Waals surface area contributed by atoms with E-state index in [9.17, 15) is 0 Å². The van der Waals surface area contributed by atoms with Crippen molar-refractivity contribution in [2.45, 2.75) is 52.9 Å². The Balaban J connectivity index is 2.82. The molecule has 0 radical (unpaired) electrons. The van der Waals surface area contributed by atoms with Gasteiger partial charge in [-0.2, -0.15) is 0 Å². The topological polar surface area (TPSA) is 21.3 Å². The van der Waals surface area contributed by atoms with E-state index in [-0.39, 0.29) is 5.41 Å². The molecule has 2 nitrogen and oxygen atoms in total. The highest BCUT2D eigenvalue weighted by Crippen LogP contribution is 2.32. The van der Waals surface area contributed by atoms with Crippen LogP contribution in [0.3, 0.4) is 0 Å². The van der Waals surface area contributed by atoms with E-state index >= 15 is 0 Å². The second kappa shape index (κ2) is 8.31. The molecule has 0 unspecified atom stereocenters. The standard InChI is InChI=1S/C18H31NO/c1-6-18(7-2,14-19-8-3)16-9-11-17(12-10-16)20-13-15(4)5/h9-12,15,19H,6-8,13-14H2,1-5H3. The van der Waals surface area contributed by atoms with E-state index in [1.54, 1.807) is 0 Å². The molecule has 1 aromatic carbocycles. The summed E-state index contributed by atoms with van der Waals surface area (Å²) in [5.41, 5.74) is 1.66. The predicted octanol–water partition coefficient (Wildman–Crippen LogP) is 4.39. The number of hydrogen-bond donors (Lipinski definition) is 1. The molecule has 1 aromatic rings. The van der Waals surface area contributed by atoms with Crippen LogP contribution in [0.5, 0.6) is 5.75 Å². The van der Waals surface area contributed by atoms with Crippen molar-refractivity contribution >= 4 is 0 Å². The molecule has 0 aromatic heterocycles. The van der Waals surface area contributed by atoms with Gasteiger partial charge in [0.25, 0.3) is 0 Å². The van der Waals surface area contributed by atoms with E-state index < -0.39 is 0 Å². The molecule has 0 saturated heterocycles. The first-order chi connectivity index (χ1) is 9.57. The summed E-state index contributed by atoms with van der Waals surface area (Å²) in [4.78, 5) is 0. The fourth-order valence-corrected chi connectivity index (χ4v) is 2.54. The number of hydrogen-bond acceptors (Lipinski definition) is 2. The molecule has 0 heterocycles. The molecular formula is C18H31NO. The van der Waals surface area contributed by atoms with Gasteiger partial charge in [0.05, 0.1) is 6.61 Å². The van der Waals surface area contributed by atoms with Crippen LogP contribution in [0.15, 0.2) is 24.3 Å². The number of likely N-dealkylation sites (N-methyl/N-ethyl adjacent to an activating group) is 1. The molecule has 114 valence electrons. The van der Waals surface area contributed by atoms with Crippen molar-refractivity contribution in [1.29, 1.82) is 0 Å². The molecule has 20 heavy (non-hydrogen) atoms. The fourth-order valence-electron chi connectivity index (χ4n) is 2.54. The first kappa shape index (κ1) is 17.0. The summed E-state index contributed by atoms with van der Waals surface area (Å²) in [5.74, 6) is 1.54. The molecule has 0 spiro atoms. The summed E-state index contributed by atoms with van der Waals surface area (Å²) in [6, 6.07) is 8.70. The summed E-state index contributed by atoms with van der Waals surface area (Å²) in [6.45, 7) is 13.9. The van der Waals surface area contributed by atoms with Crippen LogP contribution in [-0.2, 0) is 5.41 Å². The average Bonchev–Trinajstić information content (AvgIpc) is 2.48. The van der Waals surface area contributed by atoms with Crippen molar-refractivity contribution in [3.05, 3.63) is 29.8 Å². The van der Waals surface area contributed by atoms with Gasteiger partial charge in [0.1, 0.15) is 5.75 Å². The van der Waals surface area contributed by atoms with Gasteiger partial charge in [-0.3, -0.25) is 0 Å².